The van der Waals surface area contributed by atoms with Crippen molar-refractivity contribution in [3.05, 3.63) is 35.4 Å². The van der Waals surface area contributed by atoms with Crippen LogP contribution in [0.4, 0.5) is 8.78 Å². The molecule has 0 saturated carbocycles. The number of rotatable bonds is 4. The van der Waals surface area contributed by atoms with E-state index in [1.807, 2.05) is 0 Å². The Balaban J connectivity index is 2.93. The summed E-state index contributed by atoms with van der Waals surface area (Å²) < 4.78 is 79.8. The van der Waals surface area contributed by atoms with Crippen molar-refractivity contribution >= 4 is 18.3 Å². The van der Waals surface area contributed by atoms with Crippen molar-refractivity contribution in [1.82, 2.24) is 0 Å². The Morgan fingerprint density at radius 2 is 1.76 bits per heavy atom. The van der Waals surface area contributed by atoms with Crippen molar-refractivity contribution in [3.63, 3.8) is 0 Å². The Labute approximate surface area is 95.1 Å². The van der Waals surface area contributed by atoms with Gasteiger partial charge in [-0.25, -0.2) is 8.78 Å². The molecular weight excluding hydrogens is 282 g/mol. The average Bonchev–Trinajstić information content (AvgIpc) is 2.18. The monoisotopic (exact) mass is 288 g/mol. The summed E-state index contributed by atoms with van der Waals surface area (Å²) in [7, 11) is -10.7. The van der Waals surface area contributed by atoms with Gasteiger partial charge in [0, 0.05) is 5.56 Å². The minimum absolute atomic E-state index is 0.503. The average molecular weight is 288 g/mol. The Bertz CT molecular complexity index is 622. The topological polar surface area (TPSA) is 97.7 Å². The van der Waals surface area contributed by atoms with E-state index in [0.717, 1.165) is 6.07 Å². The third-order valence-corrected chi connectivity index (χ3v) is 4.38. The van der Waals surface area contributed by atoms with Crippen molar-refractivity contribution in [2.24, 2.45) is 0 Å². The maximum atomic E-state index is 13.0. The molecule has 0 aliphatic carbocycles. The molecule has 0 bridgehead atoms. The van der Waals surface area contributed by atoms with Crippen molar-refractivity contribution in [2.75, 3.05) is 0 Å². The van der Waals surface area contributed by atoms with Gasteiger partial charge in [-0.3, -0.25) is 8.74 Å². The van der Waals surface area contributed by atoms with Gasteiger partial charge in [-0.2, -0.15) is 16.8 Å². The number of hydrogen-bond acceptors (Lipinski definition) is 5. The van der Waals surface area contributed by atoms with E-state index in [0.29, 0.717) is 12.1 Å². The Morgan fingerprint density at radius 1 is 1.18 bits per heavy atom. The first kappa shape index (κ1) is 14.0. The summed E-state index contributed by atoms with van der Waals surface area (Å²) in [5.41, 5.74) is -0.503. The van der Waals surface area contributed by atoms with E-state index in [-0.39, 0.29) is 0 Å². The van der Waals surface area contributed by atoms with E-state index in [2.05, 4.69) is 4.18 Å². The van der Waals surface area contributed by atoms with Gasteiger partial charge in [-0.05, 0) is 18.2 Å². The molecule has 1 aromatic carbocycles. The van der Waals surface area contributed by atoms with Gasteiger partial charge in [0.05, 0.1) is 6.61 Å². The van der Waals surface area contributed by atoms with Gasteiger partial charge < -0.3 is 0 Å². The molecule has 0 aliphatic rings. The summed E-state index contributed by atoms with van der Waals surface area (Å²) in [6.07, 6.45) is 0. The molecule has 0 aliphatic heterocycles. The van der Waals surface area contributed by atoms with Crippen LogP contribution in [-0.2, 0) is 29.1 Å². The fourth-order valence-corrected chi connectivity index (χ4v) is 1.75. The normalized spacial score (nSPS) is 12.6. The molecule has 0 aromatic heterocycles. The summed E-state index contributed by atoms with van der Waals surface area (Å²) >= 11 is 0. The number of hydrogen-bond donors (Lipinski definition) is 1. The fraction of sp³-hybridized carbons (Fsp3) is 0.143. The molecule has 1 N–H and O–H groups in total. The first-order chi connectivity index (χ1) is 7.63. The van der Waals surface area contributed by atoms with E-state index >= 15 is 0 Å². The van der Waals surface area contributed by atoms with E-state index in [4.69, 9.17) is 4.55 Å². The molecule has 1 rings (SSSR count). The zero-order valence-electron chi connectivity index (χ0n) is 8.00. The standard InChI is InChI=1S/C7H6F2O6S2/c8-6-1-2-7(9)5(3-6)4-15-17(13,14)16(10,11)12/h1-3H,4H2,(H,10,11,12). The van der Waals surface area contributed by atoms with Gasteiger partial charge in [0.25, 0.3) is 0 Å². The molecule has 0 unspecified atom stereocenters. The quantitative estimate of drug-likeness (QED) is 0.644. The van der Waals surface area contributed by atoms with Crippen LogP contribution in [0.15, 0.2) is 18.2 Å². The lowest BCUT2D eigenvalue weighted by atomic mass is 10.2. The molecule has 6 nitrogen and oxygen atoms in total. The third kappa shape index (κ3) is 3.43. The highest BCUT2D eigenvalue weighted by molar-refractivity contribution is 8.63. The molecule has 96 valence electrons. The highest BCUT2D eigenvalue weighted by Gasteiger charge is 2.28. The lowest BCUT2D eigenvalue weighted by Crippen LogP contribution is -2.17. The highest BCUT2D eigenvalue weighted by Crippen LogP contribution is 2.13. The summed E-state index contributed by atoms with van der Waals surface area (Å²) in [4.78, 5) is 0. The Morgan fingerprint density at radius 3 is 2.29 bits per heavy atom. The van der Waals surface area contributed by atoms with Gasteiger partial charge in [0.15, 0.2) is 0 Å². The van der Waals surface area contributed by atoms with Crippen molar-refractivity contribution in [2.45, 2.75) is 6.61 Å². The minimum Gasteiger partial charge on any atom is -0.272 e. The molecule has 10 heteroatoms. The largest absolute Gasteiger partial charge is 0.400 e. The van der Waals surface area contributed by atoms with Crippen molar-refractivity contribution < 1.29 is 34.4 Å². The van der Waals surface area contributed by atoms with Crippen LogP contribution in [0.2, 0.25) is 0 Å². The molecule has 0 amide bonds. The predicted molar refractivity (Wildman–Crippen MR) is 51.6 cm³/mol. The zero-order valence-corrected chi connectivity index (χ0v) is 9.63. The first-order valence-corrected chi connectivity index (χ1v) is 7.31. The number of halogens is 2. The van der Waals surface area contributed by atoms with E-state index in [1.165, 1.54) is 0 Å². The van der Waals surface area contributed by atoms with E-state index < -0.39 is 42.1 Å². The Hall–Kier alpha value is -1.10. The first-order valence-electron chi connectivity index (χ1n) is 3.94. The van der Waals surface area contributed by atoms with Crippen LogP contribution in [0.1, 0.15) is 5.56 Å². The maximum Gasteiger partial charge on any atom is 0.400 e. The van der Waals surface area contributed by atoms with Crippen LogP contribution in [-0.4, -0.2) is 21.4 Å². The van der Waals surface area contributed by atoms with Crippen LogP contribution in [0, 0.1) is 11.6 Å². The van der Waals surface area contributed by atoms with Crippen LogP contribution >= 0.6 is 0 Å². The predicted octanol–water partition coefficient (Wildman–Crippen LogP) is 0.614. The lowest BCUT2D eigenvalue weighted by molar-refractivity contribution is 0.306. The van der Waals surface area contributed by atoms with Crippen molar-refractivity contribution in [1.29, 1.82) is 0 Å². The second kappa shape index (κ2) is 4.64. The van der Waals surface area contributed by atoms with Crippen LogP contribution < -0.4 is 0 Å². The summed E-state index contributed by atoms with van der Waals surface area (Å²) in [5, 5.41) is 0. The molecule has 17 heavy (non-hydrogen) atoms. The number of benzene rings is 1. The van der Waals surface area contributed by atoms with Gasteiger partial charge in [-0.1, -0.05) is 0 Å². The SMILES string of the molecule is O=S(=O)(O)S(=O)(=O)OCc1cc(F)ccc1F. The maximum absolute atomic E-state index is 13.0. The fourth-order valence-electron chi connectivity index (χ4n) is 0.850. The van der Waals surface area contributed by atoms with Gasteiger partial charge in [0.1, 0.15) is 11.6 Å². The summed E-state index contributed by atoms with van der Waals surface area (Å²) in [5.74, 6) is -1.83. The molecule has 0 atom stereocenters. The summed E-state index contributed by atoms with van der Waals surface area (Å²) in [6, 6.07) is 2.14. The van der Waals surface area contributed by atoms with Crippen LogP contribution in [0.25, 0.3) is 0 Å². The van der Waals surface area contributed by atoms with Gasteiger partial charge in [0.2, 0.25) is 0 Å². The van der Waals surface area contributed by atoms with E-state index in [9.17, 15) is 25.6 Å². The van der Waals surface area contributed by atoms with Crippen LogP contribution in [0.3, 0.4) is 0 Å². The Kier molecular flexibility index (Phi) is 3.81. The smallest absolute Gasteiger partial charge is 0.272 e. The van der Waals surface area contributed by atoms with Gasteiger partial charge >= 0.3 is 18.3 Å². The highest BCUT2D eigenvalue weighted by atomic mass is 33.2. The molecule has 0 radical (unpaired) electrons. The van der Waals surface area contributed by atoms with Gasteiger partial charge in [-0.15, -0.1) is 0 Å². The molecular formula is C7H6F2O6S2. The molecule has 1 aromatic rings. The molecule has 0 fully saturated rings. The second-order valence-corrected chi connectivity index (χ2v) is 7.23. The molecule has 0 spiro atoms. The summed E-state index contributed by atoms with van der Waals surface area (Å²) in [6.45, 7) is -1.05. The third-order valence-electron chi connectivity index (χ3n) is 1.62. The lowest BCUT2D eigenvalue weighted by Gasteiger charge is -2.04. The zero-order chi connectivity index (χ0) is 13.3. The van der Waals surface area contributed by atoms with Crippen molar-refractivity contribution in [3.8, 4) is 0 Å². The second-order valence-electron chi connectivity index (χ2n) is 2.83. The van der Waals surface area contributed by atoms with Crippen LogP contribution in [0.5, 0.6) is 0 Å². The molecule has 0 saturated heterocycles. The molecule has 0 heterocycles. The van der Waals surface area contributed by atoms with E-state index in [1.54, 1.807) is 0 Å². The minimum atomic E-state index is -5.46.